The van der Waals surface area contributed by atoms with Crippen molar-refractivity contribution in [3.8, 4) is 0 Å². The molecule has 2 amide bonds. The van der Waals surface area contributed by atoms with Gasteiger partial charge in [0.1, 0.15) is 0 Å². The summed E-state index contributed by atoms with van der Waals surface area (Å²) >= 11 is 0. The molecule has 0 N–H and O–H groups in total. The number of rotatable bonds is 3. The van der Waals surface area contributed by atoms with Crippen LogP contribution >= 0.6 is 0 Å². The molecule has 9 heteroatoms. The molecule has 0 saturated carbocycles. The topological polar surface area (TPSA) is 97.4 Å². The molecule has 0 unspecified atom stereocenters. The zero-order valence-electron chi connectivity index (χ0n) is 12.2. The van der Waals surface area contributed by atoms with Crippen molar-refractivity contribution in [2.24, 2.45) is 7.05 Å². The van der Waals surface area contributed by atoms with E-state index in [1.807, 2.05) is 0 Å². The van der Waals surface area contributed by atoms with E-state index in [0.29, 0.717) is 37.8 Å². The fraction of sp³-hybridized carbons (Fsp3) is 0.462. The van der Waals surface area contributed by atoms with E-state index in [4.69, 9.17) is 4.42 Å². The number of hydrogen-bond acceptors (Lipinski definition) is 6. The Bertz CT molecular complexity index is 657. The van der Waals surface area contributed by atoms with Crippen molar-refractivity contribution in [3.63, 3.8) is 0 Å². The third kappa shape index (κ3) is 2.83. The molecular weight excluding hydrogens is 288 g/mol. The van der Waals surface area contributed by atoms with Crippen LogP contribution in [0.2, 0.25) is 0 Å². The van der Waals surface area contributed by atoms with Crippen LogP contribution < -0.4 is 0 Å². The highest BCUT2D eigenvalue weighted by molar-refractivity contribution is 5.91. The van der Waals surface area contributed by atoms with Crippen LogP contribution in [-0.2, 0) is 18.3 Å². The largest absolute Gasteiger partial charge is 0.459 e. The first-order valence-electron chi connectivity index (χ1n) is 6.97. The van der Waals surface area contributed by atoms with E-state index in [0.717, 1.165) is 0 Å². The predicted molar refractivity (Wildman–Crippen MR) is 73.7 cm³/mol. The summed E-state index contributed by atoms with van der Waals surface area (Å²) in [5, 5.41) is 11.0. The monoisotopic (exact) mass is 304 g/mol. The molecule has 2 aromatic heterocycles. The number of aryl methyl sites for hydroxylation is 1. The van der Waals surface area contributed by atoms with Crippen molar-refractivity contribution >= 4 is 11.8 Å². The third-order valence-corrected chi connectivity index (χ3v) is 3.67. The van der Waals surface area contributed by atoms with Gasteiger partial charge in [-0.3, -0.25) is 9.59 Å². The average Bonchev–Trinajstić information content (AvgIpc) is 3.19. The minimum absolute atomic E-state index is 0.0389. The van der Waals surface area contributed by atoms with Crippen LogP contribution in [0.25, 0.3) is 0 Å². The lowest BCUT2D eigenvalue weighted by atomic mass is 10.2. The van der Waals surface area contributed by atoms with Gasteiger partial charge in [-0.15, -0.1) is 5.10 Å². The fourth-order valence-electron chi connectivity index (χ4n) is 2.36. The molecule has 0 aliphatic carbocycles. The molecule has 1 saturated heterocycles. The molecule has 0 radical (unpaired) electrons. The second-order valence-corrected chi connectivity index (χ2v) is 5.05. The number of amides is 2. The molecular formula is C13H16N6O3. The Kier molecular flexibility index (Phi) is 3.86. The van der Waals surface area contributed by atoms with Crippen LogP contribution in [0.4, 0.5) is 0 Å². The SMILES string of the molecule is Cn1nnnc1CC(=O)N1CCN(C(=O)c2ccco2)CC1. The number of aromatic nitrogens is 4. The normalized spacial score (nSPS) is 15.1. The van der Waals surface area contributed by atoms with Crippen LogP contribution in [0.5, 0.6) is 0 Å². The number of nitrogens with zero attached hydrogens (tertiary/aromatic N) is 6. The summed E-state index contributed by atoms with van der Waals surface area (Å²) < 4.78 is 6.59. The molecule has 22 heavy (non-hydrogen) atoms. The highest BCUT2D eigenvalue weighted by Crippen LogP contribution is 2.10. The Morgan fingerprint density at radius 1 is 1.23 bits per heavy atom. The quantitative estimate of drug-likeness (QED) is 0.746. The van der Waals surface area contributed by atoms with Crippen molar-refractivity contribution in [1.82, 2.24) is 30.0 Å². The van der Waals surface area contributed by atoms with Gasteiger partial charge in [-0.25, -0.2) is 4.68 Å². The van der Waals surface area contributed by atoms with Crippen LogP contribution in [0.3, 0.4) is 0 Å². The predicted octanol–water partition coefficient (Wildman–Crippen LogP) is -0.670. The lowest BCUT2D eigenvalue weighted by molar-refractivity contribution is -0.132. The summed E-state index contributed by atoms with van der Waals surface area (Å²) in [6, 6.07) is 3.32. The first-order chi connectivity index (χ1) is 10.6. The van der Waals surface area contributed by atoms with E-state index >= 15 is 0 Å². The fourth-order valence-corrected chi connectivity index (χ4v) is 2.36. The number of hydrogen-bond donors (Lipinski definition) is 0. The Morgan fingerprint density at radius 2 is 1.95 bits per heavy atom. The second kappa shape index (κ2) is 5.96. The highest BCUT2D eigenvalue weighted by atomic mass is 16.3. The molecule has 116 valence electrons. The molecule has 3 rings (SSSR count). The smallest absolute Gasteiger partial charge is 0.289 e. The number of furan rings is 1. The minimum Gasteiger partial charge on any atom is -0.459 e. The summed E-state index contributed by atoms with van der Waals surface area (Å²) in [6.07, 6.45) is 1.64. The molecule has 0 atom stereocenters. The van der Waals surface area contributed by atoms with E-state index in [2.05, 4.69) is 15.5 Å². The molecule has 9 nitrogen and oxygen atoms in total. The van der Waals surface area contributed by atoms with Crippen molar-refractivity contribution in [2.45, 2.75) is 6.42 Å². The molecule has 0 bridgehead atoms. The highest BCUT2D eigenvalue weighted by Gasteiger charge is 2.26. The standard InChI is InChI=1S/C13H16N6O3/c1-17-11(14-15-16-17)9-12(20)18-4-6-19(7-5-18)13(21)10-3-2-8-22-10/h2-3,8H,4-7,9H2,1H3. The third-order valence-electron chi connectivity index (χ3n) is 3.67. The zero-order valence-corrected chi connectivity index (χ0v) is 12.2. The van der Waals surface area contributed by atoms with Gasteiger partial charge in [0, 0.05) is 33.2 Å². The molecule has 1 aliphatic heterocycles. The van der Waals surface area contributed by atoms with Crippen LogP contribution in [0, 0.1) is 0 Å². The molecule has 3 heterocycles. The van der Waals surface area contributed by atoms with Gasteiger partial charge in [-0.1, -0.05) is 0 Å². The Labute approximate surface area is 126 Å². The number of piperazine rings is 1. The van der Waals surface area contributed by atoms with E-state index < -0.39 is 0 Å². The van der Waals surface area contributed by atoms with Crippen LogP contribution in [0.1, 0.15) is 16.4 Å². The summed E-state index contributed by atoms with van der Waals surface area (Å²) in [7, 11) is 1.70. The van der Waals surface area contributed by atoms with Crippen molar-refractivity contribution in [1.29, 1.82) is 0 Å². The maximum atomic E-state index is 12.2. The summed E-state index contributed by atoms with van der Waals surface area (Å²) in [5.74, 6) is 0.668. The summed E-state index contributed by atoms with van der Waals surface area (Å²) in [5.41, 5.74) is 0. The lowest BCUT2D eigenvalue weighted by Crippen LogP contribution is -2.51. The van der Waals surface area contributed by atoms with E-state index in [-0.39, 0.29) is 18.2 Å². The van der Waals surface area contributed by atoms with Gasteiger partial charge in [0.25, 0.3) is 5.91 Å². The van der Waals surface area contributed by atoms with Gasteiger partial charge < -0.3 is 14.2 Å². The van der Waals surface area contributed by atoms with Gasteiger partial charge in [0.2, 0.25) is 5.91 Å². The Balaban J connectivity index is 1.54. The second-order valence-electron chi connectivity index (χ2n) is 5.05. The van der Waals surface area contributed by atoms with E-state index in [1.54, 1.807) is 29.0 Å². The lowest BCUT2D eigenvalue weighted by Gasteiger charge is -2.34. The maximum Gasteiger partial charge on any atom is 0.289 e. The van der Waals surface area contributed by atoms with Gasteiger partial charge in [0.05, 0.1) is 12.7 Å². The number of carbonyl (C=O) groups excluding carboxylic acids is 2. The van der Waals surface area contributed by atoms with Crippen molar-refractivity contribution in [2.75, 3.05) is 26.2 Å². The first kappa shape index (κ1) is 14.2. The van der Waals surface area contributed by atoms with Crippen LogP contribution in [0.15, 0.2) is 22.8 Å². The van der Waals surface area contributed by atoms with Crippen molar-refractivity contribution < 1.29 is 14.0 Å². The Hall–Kier alpha value is -2.71. The molecule has 1 aliphatic rings. The maximum absolute atomic E-state index is 12.2. The minimum atomic E-state index is -0.144. The van der Waals surface area contributed by atoms with Gasteiger partial charge in [-0.2, -0.15) is 0 Å². The van der Waals surface area contributed by atoms with Gasteiger partial charge in [-0.05, 0) is 22.6 Å². The number of carbonyl (C=O) groups is 2. The Morgan fingerprint density at radius 3 is 2.55 bits per heavy atom. The van der Waals surface area contributed by atoms with Gasteiger partial charge in [0.15, 0.2) is 11.6 Å². The van der Waals surface area contributed by atoms with Crippen molar-refractivity contribution in [3.05, 3.63) is 30.0 Å². The molecule has 0 aromatic carbocycles. The molecule has 1 fully saturated rings. The summed E-state index contributed by atoms with van der Waals surface area (Å²) in [6.45, 7) is 1.97. The van der Waals surface area contributed by atoms with Gasteiger partial charge >= 0.3 is 0 Å². The summed E-state index contributed by atoms with van der Waals surface area (Å²) in [4.78, 5) is 27.8. The average molecular weight is 304 g/mol. The van der Waals surface area contributed by atoms with E-state index in [1.165, 1.54) is 10.9 Å². The first-order valence-corrected chi connectivity index (χ1v) is 6.97. The molecule has 2 aromatic rings. The molecule has 0 spiro atoms. The van der Waals surface area contributed by atoms with Crippen LogP contribution in [-0.4, -0.2) is 68.0 Å². The van der Waals surface area contributed by atoms with E-state index in [9.17, 15) is 9.59 Å². The number of tetrazole rings is 1. The zero-order chi connectivity index (χ0) is 15.5.